The largest absolute Gasteiger partial charge is 0.497 e. The maximum atomic E-state index is 16.1. The van der Waals surface area contributed by atoms with Gasteiger partial charge in [-0.3, -0.25) is 4.90 Å². The molecule has 7 rings (SSSR count). The van der Waals surface area contributed by atoms with E-state index in [4.69, 9.17) is 19.9 Å². The summed E-state index contributed by atoms with van der Waals surface area (Å²) < 4.78 is 81.8. The Hall–Kier alpha value is -7.11. The first-order valence-corrected chi connectivity index (χ1v) is 24.0. The van der Waals surface area contributed by atoms with Crippen molar-refractivity contribution >= 4 is 43.1 Å². The maximum absolute atomic E-state index is 16.1. The number of nitrogen functional groups attached to an aromatic ring is 1. The van der Waals surface area contributed by atoms with Gasteiger partial charge < -0.3 is 35.1 Å². The van der Waals surface area contributed by atoms with Crippen LogP contribution in [0.5, 0.6) is 17.2 Å². The van der Waals surface area contributed by atoms with Crippen LogP contribution in [0.1, 0.15) is 37.5 Å². The molecule has 1 atom stereocenters. The van der Waals surface area contributed by atoms with Crippen LogP contribution in [0, 0.1) is 0 Å². The number of imidazole rings is 1. The summed E-state index contributed by atoms with van der Waals surface area (Å²) in [5.41, 5.74) is 8.00. The molecule has 358 valence electrons. The van der Waals surface area contributed by atoms with E-state index in [1.807, 2.05) is 0 Å². The van der Waals surface area contributed by atoms with Gasteiger partial charge in [-0.25, -0.2) is 31.3 Å². The third-order valence-electron chi connectivity index (χ3n) is 11.0. The van der Waals surface area contributed by atoms with Crippen molar-refractivity contribution in [2.75, 3.05) is 40.2 Å². The molecule has 5 aromatic carbocycles. The van der Waals surface area contributed by atoms with Gasteiger partial charge in [-0.1, -0.05) is 54.6 Å². The number of aliphatic hydroxyl groups is 1. The van der Waals surface area contributed by atoms with Gasteiger partial charge >= 0.3 is 6.09 Å². The van der Waals surface area contributed by atoms with Gasteiger partial charge in [0.2, 0.25) is 25.9 Å². The number of amides is 1. The average molecular weight is 969 g/mol. The molecule has 6 N–H and O–H groups in total. The fourth-order valence-corrected chi connectivity index (χ4v) is 11.3. The Kier molecular flexibility index (Phi) is 14.4. The van der Waals surface area contributed by atoms with Crippen molar-refractivity contribution in [1.29, 1.82) is 0 Å². The molecule has 0 aliphatic rings. The van der Waals surface area contributed by atoms with E-state index in [1.165, 1.54) is 25.1 Å². The molecule has 22 heteroatoms. The Balaban J connectivity index is 1.51. The van der Waals surface area contributed by atoms with E-state index < -0.39 is 60.7 Å². The molecule has 2 heterocycles. The summed E-state index contributed by atoms with van der Waals surface area (Å²) in [7, 11) is -5.44. The summed E-state index contributed by atoms with van der Waals surface area (Å²) in [6.45, 7) is 2.94. The lowest BCUT2D eigenvalue weighted by Crippen LogP contribution is -2.56. The first kappa shape index (κ1) is 48.8. The molecule has 0 spiro atoms. The molecule has 0 saturated carbocycles. The highest BCUT2D eigenvalue weighted by Gasteiger charge is 2.39. The predicted molar refractivity (Wildman–Crippen MR) is 253 cm³/mol. The number of aliphatic hydroxyl groups excluding tert-OH is 1. The number of benzene rings is 5. The Morgan fingerprint density at radius 3 is 1.88 bits per heavy atom. The Bertz CT molecular complexity index is 3070. The standard InChI is InChI=1S/C46H52N10O10S2/c1-46(2,3)56(45(58)59)32(28-57)24-48-67(60,61)39-23-22-36(37-8-7-9-38-41(37)50-44(47)49-38)40(43-51-53-55(52-43)27-31-14-20-35(66-6)21-15-31)42(39)68(62,63)54(25-29-10-16-33(64-4)17-11-29)26-30-12-18-34(65-5)19-13-30/h7-23,32,48,57H,24-28H2,1-6H3,(H,58,59)(H3,47,49,50)/t32-/m1/s1. The lowest BCUT2D eigenvalue weighted by atomic mass is 9.98. The zero-order chi connectivity index (χ0) is 49.0. The number of sulfonamides is 2. The molecule has 7 aromatic rings. The molecule has 2 aromatic heterocycles. The molecule has 0 aliphatic heterocycles. The van der Waals surface area contributed by atoms with Crippen LogP contribution in [0.3, 0.4) is 0 Å². The second kappa shape index (κ2) is 20.0. The zero-order valence-corrected chi connectivity index (χ0v) is 39.7. The highest BCUT2D eigenvalue weighted by atomic mass is 32.2. The molecule has 0 saturated heterocycles. The zero-order valence-electron chi connectivity index (χ0n) is 38.1. The summed E-state index contributed by atoms with van der Waals surface area (Å²) >= 11 is 0. The Labute approximate surface area is 393 Å². The molecule has 0 fully saturated rings. The highest BCUT2D eigenvalue weighted by molar-refractivity contribution is 7.92. The van der Waals surface area contributed by atoms with Crippen LogP contribution in [-0.4, -0.2) is 119 Å². The van der Waals surface area contributed by atoms with Crippen LogP contribution in [-0.2, 0) is 39.7 Å². The summed E-state index contributed by atoms with van der Waals surface area (Å²) in [6, 6.07) is 27.0. The van der Waals surface area contributed by atoms with Crippen molar-refractivity contribution in [1.82, 2.24) is 44.1 Å². The smallest absolute Gasteiger partial charge is 0.408 e. The van der Waals surface area contributed by atoms with E-state index >= 15 is 16.8 Å². The summed E-state index contributed by atoms with van der Waals surface area (Å²) in [5.74, 6) is 1.49. The van der Waals surface area contributed by atoms with Gasteiger partial charge in [-0.2, -0.15) is 9.10 Å². The van der Waals surface area contributed by atoms with E-state index in [1.54, 1.807) is 119 Å². The number of carbonyl (C=O) groups is 1. The van der Waals surface area contributed by atoms with Crippen molar-refractivity contribution in [2.24, 2.45) is 0 Å². The fourth-order valence-electron chi connectivity index (χ4n) is 7.79. The molecular weight excluding hydrogens is 917 g/mol. The molecule has 68 heavy (non-hydrogen) atoms. The molecule has 0 unspecified atom stereocenters. The number of nitrogens with one attached hydrogen (secondary N) is 2. The summed E-state index contributed by atoms with van der Waals surface area (Å²) in [4.78, 5) is 20.7. The second-order valence-electron chi connectivity index (χ2n) is 16.6. The van der Waals surface area contributed by atoms with Crippen molar-refractivity contribution in [2.45, 2.75) is 61.8 Å². The lowest BCUT2D eigenvalue weighted by Gasteiger charge is -2.38. The minimum Gasteiger partial charge on any atom is -0.497 e. The normalized spacial score (nSPS) is 12.6. The number of anilines is 1. The van der Waals surface area contributed by atoms with Crippen LogP contribution in [0.25, 0.3) is 33.5 Å². The van der Waals surface area contributed by atoms with E-state index in [2.05, 4.69) is 30.1 Å². The first-order chi connectivity index (χ1) is 32.4. The van der Waals surface area contributed by atoms with Crippen LogP contribution >= 0.6 is 0 Å². The summed E-state index contributed by atoms with van der Waals surface area (Å²) in [6.07, 6.45) is -1.41. The minimum atomic E-state index is -5.04. The number of hydrogen-bond acceptors (Lipinski definition) is 14. The number of nitrogens with zero attached hydrogens (tertiary/aromatic N) is 7. The summed E-state index contributed by atoms with van der Waals surface area (Å²) in [5, 5.41) is 34.0. The Morgan fingerprint density at radius 1 is 0.809 bits per heavy atom. The van der Waals surface area contributed by atoms with Crippen molar-refractivity contribution < 1.29 is 46.1 Å². The lowest BCUT2D eigenvalue weighted by molar-refractivity contribution is 0.0482. The van der Waals surface area contributed by atoms with Crippen LogP contribution in [0.2, 0.25) is 0 Å². The monoisotopic (exact) mass is 968 g/mol. The molecular formula is C46H52N10O10S2. The maximum Gasteiger partial charge on any atom is 0.408 e. The molecule has 0 radical (unpaired) electrons. The predicted octanol–water partition coefficient (Wildman–Crippen LogP) is 5.35. The molecule has 1 amide bonds. The number of para-hydroxylation sites is 1. The number of nitrogens with two attached hydrogens (primary N) is 1. The quantitative estimate of drug-likeness (QED) is 0.0684. The van der Waals surface area contributed by atoms with Crippen molar-refractivity contribution in [3.05, 3.63) is 120 Å². The van der Waals surface area contributed by atoms with Gasteiger partial charge in [0, 0.05) is 30.7 Å². The molecule has 20 nitrogen and oxygen atoms in total. The topological polar surface area (TPSA) is 270 Å². The van der Waals surface area contributed by atoms with Crippen molar-refractivity contribution in [3.63, 3.8) is 0 Å². The number of carboxylic acid groups (broad SMARTS) is 1. The second-order valence-corrected chi connectivity index (χ2v) is 20.2. The SMILES string of the molecule is COc1ccc(CN(Cc2ccc(OC)cc2)S(=O)(=O)c2c(S(=O)(=O)NC[C@H](CO)N(C(=O)O)C(C)(C)C)ccc(-c3cccc4[nH]c(N)nc34)c2-c2nnn(Cc3ccc(OC)cc3)n2)cc1. The number of aromatic nitrogens is 6. The van der Waals surface area contributed by atoms with Gasteiger partial charge in [-0.15, -0.1) is 10.2 Å². The molecule has 0 bridgehead atoms. The van der Waals surface area contributed by atoms with E-state index in [9.17, 15) is 15.0 Å². The fraction of sp³-hybridized carbons (Fsp3) is 0.283. The van der Waals surface area contributed by atoms with Crippen molar-refractivity contribution in [3.8, 4) is 39.8 Å². The van der Waals surface area contributed by atoms with Gasteiger partial charge in [0.25, 0.3) is 0 Å². The van der Waals surface area contributed by atoms with Gasteiger partial charge in [0.15, 0.2) is 5.95 Å². The van der Waals surface area contributed by atoms with Gasteiger partial charge in [0.1, 0.15) is 27.0 Å². The number of ether oxygens (including phenoxy) is 3. The van der Waals surface area contributed by atoms with Crippen LogP contribution < -0.4 is 24.7 Å². The number of rotatable bonds is 19. The van der Waals surface area contributed by atoms with E-state index in [0.29, 0.717) is 45.0 Å². The minimum absolute atomic E-state index is 0.0723. The Morgan fingerprint density at radius 2 is 1.37 bits per heavy atom. The first-order valence-electron chi connectivity index (χ1n) is 21.1. The highest BCUT2D eigenvalue weighted by Crippen LogP contribution is 2.43. The van der Waals surface area contributed by atoms with Crippen LogP contribution in [0.15, 0.2) is 113 Å². The number of hydrogen-bond donors (Lipinski definition) is 5. The number of tetrazole rings is 1. The van der Waals surface area contributed by atoms with E-state index in [0.717, 1.165) is 20.8 Å². The number of fused-ring (bicyclic) bond motifs is 1. The molecule has 0 aliphatic carbocycles. The number of aromatic amines is 1. The third-order valence-corrected chi connectivity index (χ3v) is 14.5. The third kappa shape index (κ3) is 10.5. The van der Waals surface area contributed by atoms with Gasteiger partial charge in [-0.05, 0) is 96.8 Å². The number of H-pyrrole nitrogens is 1. The van der Waals surface area contributed by atoms with E-state index in [-0.39, 0.29) is 42.5 Å². The van der Waals surface area contributed by atoms with Crippen LogP contribution in [0.4, 0.5) is 10.7 Å². The number of methoxy groups -OCH3 is 3. The average Bonchev–Trinajstić information content (AvgIpc) is 3.95. The van der Waals surface area contributed by atoms with Gasteiger partial charge in [0.05, 0.1) is 57.1 Å².